The van der Waals surface area contributed by atoms with Gasteiger partial charge in [-0.25, -0.2) is 0 Å². The second kappa shape index (κ2) is 8.24. The molecule has 134 valence electrons. The van der Waals surface area contributed by atoms with Crippen molar-refractivity contribution in [2.75, 3.05) is 17.2 Å². The van der Waals surface area contributed by atoms with Crippen LogP contribution in [0.15, 0.2) is 36.9 Å². The highest BCUT2D eigenvalue weighted by molar-refractivity contribution is 5.60. The van der Waals surface area contributed by atoms with Crippen molar-refractivity contribution in [1.29, 1.82) is 0 Å². The molecule has 0 heterocycles. The Morgan fingerprint density at radius 2 is 1.24 bits per heavy atom. The normalized spacial score (nSPS) is 11.9. The summed E-state index contributed by atoms with van der Waals surface area (Å²) < 4.78 is 0. The maximum atomic E-state index is 3.93. The number of anilines is 2. The van der Waals surface area contributed by atoms with Gasteiger partial charge in [0.25, 0.3) is 0 Å². The van der Waals surface area contributed by atoms with Crippen molar-refractivity contribution in [3.63, 3.8) is 0 Å². The van der Waals surface area contributed by atoms with Crippen molar-refractivity contribution < 1.29 is 0 Å². The monoisotopic (exact) mass is 336 g/mol. The van der Waals surface area contributed by atoms with Gasteiger partial charge in [-0.15, -0.1) is 6.58 Å². The third-order valence-corrected chi connectivity index (χ3v) is 4.68. The van der Waals surface area contributed by atoms with E-state index in [2.05, 4.69) is 83.0 Å². The molecule has 0 saturated carbocycles. The molecule has 2 nitrogen and oxygen atoms in total. The molecule has 2 aromatic carbocycles. The van der Waals surface area contributed by atoms with Crippen LogP contribution in [0.25, 0.3) is 0 Å². The molecule has 0 amide bonds. The number of nitrogens with one attached hydrogen (secondary N) is 2. The van der Waals surface area contributed by atoms with Crippen LogP contribution in [0.2, 0.25) is 0 Å². The fraction of sp³-hybridized carbons (Fsp3) is 0.391. The molecule has 0 spiro atoms. The quantitative estimate of drug-likeness (QED) is 0.605. The summed E-state index contributed by atoms with van der Waals surface area (Å²) in [4.78, 5) is 0. The standard InChI is InChI=1S/C23H32N2/c1-8-9-21(25-23-19(6)12-16(3)13-20(23)7)14-24-22-17(4)10-15(2)11-18(22)5/h8,10-13,21,24-25H,1,9,14H2,2-7H3. The van der Waals surface area contributed by atoms with Crippen molar-refractivity contribution in [2.45, 2.75) is 54.0 Å². The average Bonchev–Trinajstić information content (AvgIpc) is 2.49. The Kier molecular flexibility index (Phi) is 6.30. The second-order valence-electron chi connectivity index (χ2n) is 7.29. The van der Waals surface area contributed by atoms with Gasteiger partial charge >= 0.3 is 0 Å². The lowest BCUT2D eigenvalue weighted by atomic mass is 10.0. The SMILES string of the molecule is C=CCC(CNc1c(C)cc(C)cc1C)Nc1c(C)cc(C)cc1C. The molecule has 0 aromatic heterocycles. The molecular weight excluding hydrogens is 304 g/mol. The molecule has 2 rings (SSSR count). The first-order valence-corrected chi connectivity index (χ1v) is 9.08. The van der Waals surface area contributed by atoms with Crippen molar-refractivity contribution in [3.8, 4) is 0 Å². The molecule has 2 heteroatoms. The first kappa shape index (κ1) is 19.1. The summed E-state index contributed by atoms with van der Waals surface area (Å²) >= 11 is 0. The molecule has 2 aromatic rings. The molecule has 0 aliphatic carbocycles. The topological polar surface area (TPSA) is 24.1 Å². The van der Waals surface area contributed by atoms with Gasteiger partial charge in [0.15, 0.2) is 0 Å². The first-order chi connectivity index (χ1) is 11.8. The van der Waals surface area contributed by atoms with Crippen LogP contribution >= 0.6 is 0 Å². The van der Waals surface area contributed by atoms with E-state index in [-0.39, 0.29) is 0 Å². The number of hydrogen-bond donors (Lipinski definition) is 2. The van der Waals surface area contributed by atoms with E-state index in [4.69, 9.17) is 0 Å². The lowest BCUT2D eigenvalue weighted by molar-refractivity contribution is 0.763. The lowest BCUT2D eigenvalue weighted by Gasteiger charge is -2.24. The Hall–Kier alpha value is -2.22. The highest BCUT2D eigenvalue weighted by Gasteiger charge is 2.12. The fourth-order valence-corrected chi connectivity index (χ4v) is 3.69. The maximum Gasteiger partial charge on any atom is 0.0468 e. The average molecular weight is 337 g/mol. The van der Waals surface area contributed by atoms with Crippen LogP contribution in [0.4, 0.5) is 11.4 Å². The second-order valence-corrected chi connectivity index (χ2v) is 7.29. The summed E-state index contributed by atoms with van der Waals surface area (Å²) in [6, 6.07) is 9.25. The third kappa shape index (κ3) is 4.88. The summed E-state index contributed by atoms with van der Waals surface area (Å²) in [5.74, 6) is 0. The third-order valence-electron chi connectivity index (χ3n) is 4.68. The van der Waals surface area contributed by atoms with Crippen LogP contribution in [0.1, 0.15) is 39.8 Å². The highest BCUT2D eigenvalue weighted by atomic mass is 15.0. The van der Waals surface area contributed by atoms with Crippen LogP contribution in [-0.4, -0.2) is 12.6 Å². The van der Waals surface area contributed by atoms with E-state index in [1.54, 1.807) is 0 Å². The van der Waals surface area contributed by atoms with Gasteiger partial charge in [0.2, 0.25) is 0 Å². The van der Waals surface area contributed by atoms with Crippen LogP contribution < -0.4 is 10.6 Å². The van der Waals surface area contributed by atoms with Gasteiger partial charge in [0, 0.05) is 24.0 Å². The number of hydrogen-bond acceptors (Lipinski definition) is 2. The Bertz CT molecular complexity index is 713. The molecular formula is C23H32N2. The van der Waals surface area contributed by atoms with E-state index in [1.165, 1.54) is 44.8 Å². The Morgan fingerprint density at radius 1 is 0.800 bits per heavy atom. The number of rotatable bonds is 7. The zero-order chi connectivity index (χ0) is 18.6. The van der Waals surface area contributed by atoms with E-state index in [1.807, 2.05) is 6.08 Å². The summed E-state index contributed by atoms with van der Waals surface area (Å²) in [7, 11) is 0. The molecule has 0 aliphatic heterocycles. The molecule has 0 aliphatic rings. The lowest BCUT2D eigenvalue weighted by Crippen LogP contribution is -2.29. The Morgan fingerprint density at radius 3 is 1.68 bits per heavy atom. The van der Waals surface area contributed by atoms with E-state index < -0.39 is 0 Å². The van der Waals surface area contributed by atoms with E-state index >= 15 is 0 Å². The molecule has 0 fully saturated rings. The van der Waals surface area contributed by atoms with Crippen molar-refractivity contribution in [3.05, 3.63) is 70.3 Å². The minimum absolute atomic E-state index is 0.303. The summed E-state index contributed by atoms with van der Waals surface area (Å²) in [6.45, 7) is 17.8. The van der Waals surface area contributed by atoms with Gasteiger partial charge in [-0.2, -0.15) is 0 Å². The number of aryl methyl sites for hydroxylation is 6. The van der Waals surface area contributed by atoms with Gasteiger partial charge in [0.1, 0.15) is 0 Å². The van der Waals surface area contributed by atoms with Crippen molar-refractivity contribution in [1.82, 2.24) is 0 Å². The van der Waals surface area contributed by atoms with E-state index in [0.29, 0.717) is 6.04 Å². The van der Waals surface area contributed by atoms with Gasteiger partial charge in [-0.1, -0.05) is 41.5 Å². The fourth-order valence-electron chi connectivity index (χ4n) is 3.69. The summed E-state index contributed by atoms with van der Waals surface area (Å²) in [5.41, 5.74) is 10.3. The van der Waals surface area contributed by atoms with Crippen LogP contribution in [-0.2, 0) is 0 Å². The van der Waals surface area contributed by atoms with Gasteiger partial charge in [-0.05, 0) is 70.2 Å². The maximum absolute atomic E-state index is 3.93. The molecule has 1 atom stereocenters. The summed E-state index contributed by atoms with van der Waals surface area (Å²) in [5, 5.41) is 7.38. The van der Waals surface area contributed by atoms with Crippen LogP contribution in [0, 0.1) is 41.5 Å². The Balaban J connectivity index is 2.16. The van der Waals surface area contributed by atoms with Crippen LogP contribution in [0.3, 0.4) is 0 Å². The highest BCUT2D eigenvalue weighted by Crippen LogP contribution is 2.25. The largest absolute Gasteiger partial charge is 0.383 e. The zero-order valence-electron chi connectivity index (χ0n) is 16.6. The molecule has 0 radical (unpaired) electrons. The van der Waals surface area contributed by atoms with Crippen molar-refractivity contribution >= 4 is 11.4 Å². The minimum atomic E-state index is 0.303. The molecule has 0 bridgehead atoms. The van der Waals surface area contributed by atoms with E-state index in [0.717, 1.165) is 13.0 Å². The first-order valence-electron chi connectivity index (χ1n) is 9.08. The molecule has 2 N–H and O–H groups in total. The summed E-state index contributed by atoms with van der Waals surface area (Å²) in [6.07, 6.45) is 2.91. The molecule has 0 saturated heterocycles. The van der Waals surface area contributed by atoms with Crippen LogP contribution in [0.5, 0.6) is 0 Å². The number of benzene rings is 2. The van der Waals surface area contributed by atoms with Gasteiger partial charge in [0.05, 0.1) is 0 Å². The van der Waals surface area contributed by atoms with Gasteiger partial charge < -0.3 is 10.6 Å². The predicted octanol–water partition coefficient (Wildman–Crippen LogP) is 6.01. The molecule has 25 heavy (non-hydrogen) atoms. The van der Waals surface area contributed by atoms with E-state index in [9.17, 15) is 0 Å². The Labute approximate surface area is 153 Å². The van der Waals surface area contributed by atoms with Gasteiger partial charge in [-0.3, -0.25) is 0 Å². The predicted molar refractivity (Wildman–Crippen MR) is 112 cm³/mol. The smallest absolute Gasteiger partial charge is 0.0468 e. The minimum Gasteiger partial charge on any atom is -0.383 e. The van der Waals surface area contributed by atoms with Crippen molar-refractivity contribution in [2.24, 2.45) is 0 Å². The zero-order valence-corrected chi connectivity index (χ0v) is 16.6. The molecule has 1 unspecified atom stereocenters.